The third-order valence-corrected chi connectivity index (χ3v) is 2.82. The van der Waals surface area contributed by atoms with Gasteiger partial charge in [-0.15, -0.1) is 0 Å². The molecule has 0 aliphatic heterocycles. The number of aromatic nitrogens is 2. The molecule has 1 aromatic heterocycles. The molecule has 0 spiro atoms. The summed E-state index contributed by atoms with van der Waals surface area (Å²) in [4.78, 5) is 11.8. The van der Waals surface area contributed by atoms with Crippen molar-refractivity contribution in [3.05, 3.63) is 40.2 Å². The molecule has 18 heavy (non-hydrogen) atoms. The van der Waals surface area contributed by atoms with Crippen molar-refractivity contribution < 1.29 is 9.53 Å². The first-order valence-electron chi connectivity index (χ1n) is 5.29. The molecule has 0 bridgehead atoms. The number of hydrogen-bond acceptors (Lipinski definition) is 3. The molecule has 0 saturated carbocycles. The maximum absolute atomic E-state index is 11.8. The number of nitrogens with zero attached hydrogens (tertiary/aromatic N) is 2. The molecule has 2 rings (SSSR count). The topological polar surface area (TPSA) is 56.1 Å². The maximum Gasteiger partial charge on any atom is 0.246 e. The summed E-state index contributed by atoms with van der Waals surface area (Å²) < 4.78 is 7.68. The van der Waals surface area contributed by atoms with Gasteiger partial charge in [0.15, 0.2) is 0 Å². The van der Waals surface area contributed by atoms with E-state index in [0.717, 1.165) is 3.57 Å². The predicted octanol–water partition coefficient (Wildman–Crippen LogP) is 2.13. The van der Waals surface area contributed by atoms with Gasteiger partial charge in [-0.1, -0.05) is 6.07 Å². The van der Waals surface area contributed by atoms with Crippen molar-refractivity contribution in [3.8, 4) is 5.75 Å². The number of hydrogen-bond donors (Lipinski definition) is 1. The Bertz CT molecular complexity index is 554. The van der Waals surface area contributed by atoms with E-state index in [4.69, 9.17) is 4.74 Å². The number of benzene rings is 1. The average Bonchev–Trinajstić information content (AvgIpc) is 2.74. The number of anilines is 1. The van der Waals surface area contributed by atoms with Gasteiger partial charge in [-0.3, -0.25) is 9.48 Å². The monoisotopic (exact) mass is 357 g/mol. The summed E-state index contributed by atoms with van der Waals surface area (Å²) in [5.74, 6) is 0.587. The fourth-order valence-electron chi connectivity index (χ4n) is 1.47. The minimum atomic E-state index is -0.122. The van der Waals surface area contributed by atoms with Crippen LogP contribution in [0, 0.1) is 3.57 Å². The van der Waals surface area contributed by atoms with Gasteiger partial charge in [0.05, 0.1) is 16.9 Å². The van der Waals surface area contributed by atoms with Crippen LogP contribution in [-0.4, -0.2) is 22.8 Å². The van der Waals surface area contributed by atoms with Gasteiger partial charge in [0, 0.05) is 18.0 Å². The zero-order valence-corrected chi connectivity index (χ0v) is 11.9. The van der Waals surface area contributed by atoms with Crippen LogP contribution in [0.25, 0.3) is 0 Å². The molecule has 6 heteroatoms. The van der Waals surface area contributed by atoms with Crippen molar-refractivity contribution >= 4 is 34.2 Å². The van der Waals surface area contributed by atoms with Gasteiger partial charge in [-0.25, -0.2) is 0 Å². The summed E-state index contributed by atoms with van der Waals surface area (Å²) in [5.41, 5.74) is 0.709. The van der Waals surface area contributed by atoms with E-state index in [2.05, 4.69) is 33.0 Å². The number of rotatable bonds is 4. The van der Waals surface area contributed by atoms with E-state index in [9.17, 15) is 4.79 Å². The van der Waals surface area contributed by atoms with E-state index < -0.39 is 0 Å². The van der Waals surface area contributed by atoms with Crippen LogP contribution in [0.1, 0.15) is 0 Å². The minimum Gasteiger partial charge on any atom is -0.497 e. The lowest BCUT2D eigenvalue weighted by molar-refractivity contribution is -0.116. The molecule has 0 fully saturated rings. The quantitative estimate of drug-likeness (QED) is 0.854. The molecule has 0 saturated heterocycles. The van der Waals surface area contributed by atoms with Gasteiger partial charge in [0.2, 0.25) is 5.91 Å². The average molecular weight is 357 g/mol. The smallest absolute Gasteiger partial charge is 0.246 e. The lowest BCUT2D eigenvalue weighted by Gasteiger charge is -2.06. The van der Waals surface area contributed by atoms with Gasteiger partial charge in [-0.05, 0) is 34.7 Å². The Balaban J connectivity index is 1.98. The van der Waals surface area contributed by atoms with Crippen molar-refractivity contribution in [2.75, 3.05) is 12.4 Å². The number of nitrogens with one attached hydrogen (secondary N) is 1. The van der Waals surface area contributed by atoms with Gasteiger partial charge in [-0.2, -0.15) is 5.10 Å². The summed E-state index contributed by atoms with van der Waals surface area (Å²) in [6.45, 7) is 0.195. The molecule has 1 N–H and O–H groups in total. The van der Waals surface area contributed by atoms with Crippen molar-refractivity contribution in [2.24, 2.45) is 0 Å². The Hall–Kier alpha value is -1.57. The molecule has 0 aliphatic carbocycles. The molecule has 2 aromatic rings. The number of amides is 1. The number of halogens is 1. The van der Waals surface area contributed by atoms with Crippen molar-refractivity contribution in [3.63, 3.8) is 0 Å². The molecule has 0 unspecified atom stereocenters. The first kappa shape index (κ1) is 12.9. The van der Waals surface area contributed by atoms with Crippen LogP contribution in [0.4, 0.5) is 5.69 Å². The van der Waals surface area contributed by atoms with Crippen LogP contribution < -0.4 is 10.1 Å². The third-order valence-electron chi connectivity index (χ3n) is 2.26. The van der Waals surface area contributed by atoms with E-state index >= 15 is 0 Å². The predicted molar refractivity (Wildman–Crippen MR) is 76.6 cm³/mol. The van der Waals surface area contributed by atoms with Crippen LogP contribution in [0.2, 0.25) is 0 Å². The summed E-state index contributed by atoms with van der Waals surface area (Å²) >= 11 is 2.15. The highest BCUT2D eigenvalue weighted by molar-refractivity contribution is 14.1. The first-order valence-corrected chi connectivity index (χ1v) is 6.37. The van der Waals surface area contributed by atoms with Gasteiger partial charge >= 0.3 is 0 Å². The van der Waals surface area contributed by atoms with Gasteiger partial charge < -0.3 is 10.1 Å². The molecule has 0 aliphatic rings. The van der Waals surface area contributed by atoms with Gasteiger partial charge in [0.25, 0.3) is 0 Å². The number of carbonyl (C=O) groups is 1. The maximum atomic E-state index is 11.8. The molecule has 5 nitrogen and oxygen atoms in total. The Morgan fingerprint density at radius 3 is 3.06 bits per heavy atom. The Kier molecular flexibility index (Phi) is 4.19. The van der Waals surface area contributed by atoms with Crippen LogP contribution >= 0.6 is 22.6 Å². The van der Waals surface area contributed by atoms with E-state index in [1.165, 1.54) is 0 Å². The Morgan fingerprint density at radius 2 is 2.39 bits per heavy atom. The van der Waals surface area contributed by atoms with Crippen LogP contribution in [0.15, 0.2) is 36.7 Å². The number of ether oxygens (including phenoxy) is 1. The standard InChI is InChI=1S/C12H12IN3O2/c1-18-11-4-2-3-10(5-11)15-12(17)8-16-7-9(13)6-14-16/h2-7H,8H2,1H3,(H,15,17). The summed E-state index contributed by atoms with van der Waals surface area (Å²) in [5, 5.41) is 6.85. The fraction of sp³-hybridized carbons (Fsp3) is 0.167. The molecular weight excluding hydrogens is 345 g/mol. The van der Waals surface area contributed by atoms with E-state index in [1.54, 1.807) is 24.1 Å². The molecule has 0 radical (unpaired) electrons. The normalized spacial score (nSPS) is 10.1. The fourth-order valence-corrected chi connectivity index (χ4v) is 1.92. The molecule has 1 amide bonds. The van der Waals surface area contributed by atoms with E-state index in [-0.39, 0.29) is 12.5 Å². The first-order chi connectivity index (χ1) is 8.67. The Morgan fingerprint density at radius 1 is 1.56 bits per heavy atom. The van der Waals surface area contributed by atoms with E-state index in [0.29, 0.717) is 11.4 Å². The molecule has 94 valence electrons. The van der Waals surface area contributed by atoms with E-state index in [1.807, 2.05) is 24.4 Å². The van der Waals surface area contributed by atoms with Crippen LogP contribution in [-0.2, 0) is 11.3 Å². The second-order valence-corrected chi connectivity index (χ2v) is 4.88. The zero-order valence-electron chi connectivity index (χ0n) is 9.76. The molecule has 1 heterocycles. The lowest BCUT2D eigenvalue weighted by Crippen LogP contribution is -2.18. The SMILES string of the molecule is COc1cccc(NC(=O)Cn2cc(I)cn2)c1. The third kappa shape index (κ3) is 3.46. The second-order valence-electron chi connectivity index (χ2n) is 3.64. The molecular formula is C12H12IN3O2. The molecule has 1 aromatic carbocycles. The summed E-state index contributed by atoms with van der Waals surface area (Å²) in [6, 6.07) is 7.23. The van der Waals surface area contributed by atoms with Crippen LogP contribution in [0.3, 0.4) is 0 Å². The highest BCUT2D eigenvalue weighted by atomic mass is 127. The zero-order chi connectivity index (χ0) is 13.0. The summed E-state index contributed by atoms with van der Waals surface area (Å²) in [6.07, 6.45) is 3.52. The van der Waals surface area contributed by atoms with Gasteiger partial charge in [0.1, 0.15) is 12.3 Å². The molecule has 0 atom stereocenters. The van der Waals surface area contributed by atoms with Crippen molar-refractivity contribution in [2.45, 2.75) is 6.54 Å². The second kappa shape index (κ2) is 5.85. The highest BCUT2D eigenvalue weighted by Crippen LogP contribution is 2.16. The van der Waals surface area contributed by atoms with Crippen molar-refractivity contribution in [1.82, 2.24) is 9.78 Å². The highest BCUT2D eigenvalue weighted by Gasteiger charge is 2.05. The number of methoxy groups -OCH3 is 1. The Labute approximate surface area is 118 Å². The van der Waals surface area contributed by atoms with Crippen molar-refractivity contribution in [1.29, 1.82) is 0 Å². The largest absolute Gasteiger partial charge is 0.497 e. The minimum absolute atomic E-state index is 0.122. The number of carbonyl (C=O) groups excluding carboxylic acids is 1. The van der Waals surface area contributed by atoms with Crippen LogP contribution in [0.5, 0.6) is 5.75 Å². The lowest BCUT2D eigenvalue weighted by atomic mass is 10.3. The summed E-state index contributed by atoms with van der Waals surface area (Å²) in [7, 11) is 1.59.